The Hall–Kier alpha value is -2.31. The van der Waals surface area contributed by atoms with Gasteiger partial charge in [-0.1, -0.05) is 24.3 Å². The molecule has 4 nitrogen and oxygen atoms in total. The zero-order valence-electron chi connectivity index (χ0n) is 13.7. The monoisotopic (exact) mass is 346 g/mol. The number of nitrogens with zero attached hydrogens (tertiary/aromatic N) is 1. The summed E-state index contributed by atoms with van der Waals surface area (Å²) in [5, 5.41) is 11.8. The molecule has 6 heteroatoms. The average molecular weight is 346 g/mol. The fourth-order valence-corrected chi connectivity index (χ4v) is 3.35. The van der Waals surface area contributed by atoms with Crippen LogP contribution in [0.1, 0.15) is 23.6 Å². The molecule has 1 unspecified atom stereocenters. The van der Waals surface area contributed by atoms with E-state index >= 15 is 0 Å². The van der Waals surface area contributed by atoms with Gasteiger partial charge in [0.1, 0.15) is 11.6 Å². The van der Waals surface area contributed by atoms with Gasteiger partial charge in [-0.2, -0.15) is 0 Å². The van der Waals surface area contributed by atoms with Crippen LogP contribution in [0.2, 0.25) is 0 Å². The minimum absolute atomic E-state index is 0.0242. The third kappa shape index (κ3) is 4.03. The van der Waals surface area contributed by atoms with Crippen molar-refractivity contribution >= 4 is 11.6 Å². The maximum atomic E-state index is 13.7. The van der Waals surface area contributed by atoms with Crippen LogP contribution in [-0.2, 0) is 11.2 Å². The lowest BCUT2D eigenvalue weighted by Crippen LogP contribution is -2.37. The Labute approximate surface area is 145 Å². The number of benzene rings is 2. The first-order valence-electron chi connectivity index (χ1n) is 8.26. The molecule has 2 aromatic carbocycles. The molecule has 3 rings (SSSR count). The Kier molecular flexibility index (Phi) is 5.40. The maximum Gasteiger partial charge on any atom is 0.238 e. The molecule has 2 aromatic rings. The average Bonchev–Trinajstić information content (AvgIpc) is 3.01. The molecule has 0 spiro atoms. The fourth-order valence-electron chi connectivity index (χ4n) is 3.35. The van der Waals surface area contributed by atoms with Gasteiger partial charge in [0.05, 0.1) is 18.8 Å². The van der Waals surface area contributed by atoms with E-state index in [9.17, 15) is 18.7 Å². The molecule has 0 saturated heterocycles. The van der Waals surface area contributed by atoms with Gasteiger partial charge < -0.3 is 10.4 Å². The summed E-state index contributed by atoms with van der Waals surface area (Å²) in [5.74, 6) is -1.91. The molecule has 0 fully saturated rings. The first-order chi connectivity index (χ1) is 12.1. The van der Waals surface area contributed by atoms with Crippen molar-refractivity contribution in [3.05, 3.63) is 65.2 Å². The van der Waals surface area contributed by atoms with Gasteiger partial charge in [-0.3, -0.25) is 9.69 Å². The zero-order chi connectivity index (χ0) is 17.8. The quantitative estimate of drug-likeness (QED) is 0.846. The van der Waals surface area contributed by atoms with Crippen molar-refractivity contribution in [2.24, 2.45) is 0 Å². The van der Waals surface area contributed by atoms with Crippen LogP contribution >= 0.6 is 0 Å². The van der Waals surface area contributed by atoms with Crippen molar-refractivity contribution in [2.45, 2.75) is 18.9 Å². The number of rotatable bonds is 6. The van der Waals surface area contributed by atoms with Gasteiger partial charge in [0.15, 0.2) is 0 Å². The van der Waals surface area contributed by atoms with Crippen LogP contribution in [0.25, 0.3) is 0 Å². The summed E-state index contributed by atoms with van der Waals surface area (Å²) in [6.07, 6.45) is 1.80. The predicted molar refractivity (Wildman–Crippen MR) is 91.2 cm³/mol. The SMILES string of the molecule is O=C(CN(CCO)C1CCc2ccccc21)Nc1ccc(F)cc1F. The summed E-state index contributed by atoms with van der Waals surface area (Å²) in [6, 6.07) is 11.1. The van der Waals surface area contributed by atoms with E-state index in [1.165, 1.54) is 11.6 Å². The van der Waals surface area contributed by atoms with E-state index in [-0.39, 0.29) is 24.9 Å². The number of hydrogen-bond acceptors (Lipinski definition) is 3. The minimum atomic E-state index is -0.812. The molecule has 25 heavy (non-hydrogen) atoms. The number of fused-ring (bicyclic) bond motifs is 1. The van der Waals surface area contributed by atoms with Gasteiger partial charge in [-0.15, -0.1) is 0 Å². The van der Waals surface area contributed by atoms with Crippen molar-refractivity contribution < 1.29 is 18.7 Å². The van der Waals surface area contributed by atoms with Crippen LogP contribution in [0, 0.1) is 11.6 Å². The summed E-state index contributed by atoms with van der Waals surface area (Å²) in [7, 11) is 0. The molecule has 1 atom stereocenters. The van der Waals surface area contributed by atoms with E-state index in [2.05, 4.69) is 11.4 Å². The molecular weight excluding hydrogens is 326 g/mol. The van der Waals surface area contributed by atoms with Crippen LogP contribution < -0.4 is 5.32 Å². The number of amides is 1. The number of anilines is 1. The van der Waals surface area contributed by atoms with Crippen LogP contribution in [0.15, 0.2) is 42.5 Å². The lowest BCUT2D eigenvalue weighted by Gasteiger charge is -2.28. The van der Waals surface area contributed by atoms with Gasteiger partial charge in [-0.25, -0.2) is 8.78 Å². The second-order valence-corrected chi connectivity index (χ2v) is 6.12. The number of carbonyl (C=O) groups excluding carboxylic acids is 1. The maximum absolute atomic E-state index is 13.7. The molecule has 1 aliphatic rings. The van der Waals surface area contributed by atoms with Gasteiger partial charge >= 0.3 is 0 Å². The third-order valence-corrected chi connectivity index (χ3v) is 4.48. The second kappa shape index (κ2) is 7.72. The van der Waals surface area contributed by atoms with E-state index in [1.807, 2.05) is 23.1 Å². The van der Waals surface area contributed by atoms with E-state index in [0.29, 0.717) is 6.54 Å². The van der Waals surface area contributed by atoms with Crippen molar-refractivity contribution in [3.8, 4) is 0 Å². The number of aliphatic hydroxyl groups is 1. The van der Waals surface area contributed by atoms with Crippen molar-refractivity contribution in [3.63, 3.8) is 0 Å². The topological polar surface area (TPSA) is 52.6 Å². The lowest BCUT2D eigenvalue weighted by molar-refractivity contribution is -0.118. The van der Waals surface area contributed by atoms with Gasteiger partial charge in [0.2, 0.25) is 5.91 Å². The summed E-state index contributed by atoms with van der Waals surface area (Å²) in [4.78, 5) is 14.2. The highest BCUT2D eigenvalue weighted by atomic mass is 19.1. The summed E-state index contributed by atoms with van der Waals surface area (Å²) in [6.45, 7) is 0.297. The first-order valence-corrected chi connectivity index (χ1v) is 8.26. The molecule has 0 aliphatic heterocycles. The number of aliphatic hydroxyl groups excluding tert-OH is 1. The van der Waals surface area contributed by atoms with E-state index in [0.717, 1.165) is 30.5 Å². The van der Waals surface area contributed by atoms with E-state index in [1.54, 1.807) is 0 Å². The van der Waals surface area contributed by atoms with E-state index < -0.39 is 17.5 Å². The second-order valence-electron chi connectivity index (χ2n) is 6.12. The molecule has 0 saturated carbocycles. The molecular formula is C19H20F2N2O2. The lowest BCUT2D eigenvalue weighted by atomic mass is 10.1. The normalized spacial score (nSPS) is 16.1. The largest absolute Gasteiger partial charge is 0.395 e. The Morgan fingerprint density at radius 3 is 2.80 bits per heavy atom. The highest BCUT2D eigenvalue weighted by Crippen LogP contribution is 2.35. The zero-order valence-corrected chi connectivity index (χ0v) is 13.7. The van der Waals surface area contributed by atoms with E-state index in [4.69, 9.17) is 0 Å². The Bertz CT molecular complexity index is 767. The van der Waals surface area contributed by atoms with Gasteiger partial charge in [0, 0.05) is 18.7 Å². The number of carbonyl (C=O) groups is 1. The van der Waals surface area contributed by atoms with Crippen LogP contribution in [0.4, 0.5) is 14.5 Å². The Morgan fingerprint density at radius 1 is 1.24 bits per heavy atom. The van der Waals surface area contributed by atoms with Crippen molar-refractivity contribution in [1.29, 1.82) is 0 Å². The van der Waals surface area contributed by atoms with Crippen LogP contribution in [0.3, 0.4) is 0 Å². The van der Waals surface area contributed by atoms with Crippen LogP contribution in [-0.4, -0.2) is 35.6 Å². The smallest absolute Gasteiger partial charge is 0.238 e. The number of aryl methyl sites for hydroxylation is 1. The molecule has 0 heterocycles. The fraction of sp³-hybridized carbons (Fsp3) is 0.316. The highest BCUT2D eigenvalue weighted by molar-refractivity contribution is 5.92. The molecule has 1 aliphatic carbocycles. The summed E-state index contributed by atoms with van der Waals surface area (Å²) >= 11 is 0. The highest BCUT2D eigenvalue weighted by Gasteiger charge is 2.28. The molecule has 2 N–H and O–H groups in total. The van der Waals surface area contributed by atoms with Gasteiger partial charge in [-0.05, 0) is 36.1 Å². The van der Waals surface area contributed by atoms with Gasteiger partial charge in [0.25, 0.3) is 0 Å². The Morgan fingerprint density at radius 2 is 2.04 bits per heavy atom. The van der Waals surface area contributed by atoms with Crippen molar-refractivity contribution in [2.75, 3.05) is 25.0 Å². The number of halogens is 2. The van der Waals surface area contributed by atoms with Crippen molar-refractivity contribution in [1.82, 2.24) is 4.90 Å². The number of hydrogen-bond donors (Lipinski definition) is 2. The number of nitrogens with one attached hydrogen (secondary N) is 1. The molecule has 0 radical (unpaired) electrons. The molecule has 0 bridgehead atoms. The predicted octanol–water partition coefficient (Wildman–Crippen LogP) is 2.89. The third-order valence-electron chi connectivity index (χ3n) is 4.48. The minimum Gasteiger partial charge on any atom is -0.395 e. The molecule has 0 aromatic heterocycles. The Balaban J connectivity index is 1.71. The summed E-state index contributed by atoms with van der Waals surface area (Å²) < 4.78 is 26.6. The van der Waals surface area contributed by atoms with Crippen LogP contribution in [0.5, 0.6) is 0 Å². The standard InChI is InChI=1S/C19H20F2N2O2/c20-14-6-7-17(16(21)11-14)22-19(25)12-23(9-10-24)18-8-5-13-3-1-2-4-15(13)18/h1-4,6-7,11,18,24H,5,8-10,12H2,(H,22,25). The molecule has 1 amide bonds. The molecule has 132 valence electrons. The first kappa shape index (κ1) is 17.5. The summed E-state index contributed by atoms with van der Waals surface area (Å²) in [5.41, 5.74) is 2.36.